The summed E-state index contributed by atoms with van der Waals surface area (Å²) < 4.78 is 5.59. The van der Waals surface area contributed by atoms with Crippen molar-refractivity contribution in [1.82, 2.24) is 9.97 Å². The molecule has 6 heteroatoms. The fraction of sp³-hybridized carbons (Fsp3) is 0.600. The zero-order valence-corrected chi connectivity index (χ0v) is 10.5. The van der Waals surface area contributed by atoms with Crippen LogP contribution in [0.3, 0.4) is 0 Å². The molecule has 0 bridgehead atoms. The van der Waals surface area contributed by atoms with Gasteiger partial charge < -0.3 is 9.64 Å². The summed E-state index contributed by atoms with van der Waals surface area (Å²) in [5.41, 5.74) is 0. The molecular formula is C10H13Cl2N3O. The van der Waals surface area contributed by atoms with E-state index in [0.717, 1.165) is 19.5 Å². The maximum Gasteiger partial charge on any atom is 0.224 e. The summed E-state index contributed by atoms with van der Waals surface area (Å²) in [5, 5.41) is 0.750. The zero-order chi connectivity index (χ0) is 11.5. The Hall–Kier alpha value is -0.580. The normalized spacial score (nSPS) is 21.2. The number of anilines is 1. The van der Waals surface area contributed by atoms with Gasteiger partial charge in [-0.25, -0.2) is 4.98 Å². The van der Waals surface area contributed by atoms with Crippen LogP contribution in [0.25, 0.3) is 0 Å². The molecule has 2 heterocycles. The number of hydrogen-bond acceptors (Lipinski definition) is 4. The van der Waals surface area contributed by atoms with Crippen molar-refractivity contribution in [2.75, 3.05) is 24.6 Å². The van der Waals surface area contributed by atoms with Gasteiger partial charge >= 0.3 is 0 Å². The lowest BCUT2D eigenvalue weighted by Crippen LogP contribution is -2.42. The predicted octanol–water partition coefficient (Wildman–Crippen LogP) is 2.40. The van der Waals surface area contributed by atoms with Gasteiger partial charge in [-0.1, -0.05) is 18.5 Å². The number of ether oxygens (including phenoxy) is 1. The van der Waals surface area contributed by atoms with Gasteiger partial charge in [0, 0.05) is 13.1 Å². The number of aromatic nitrogens is 2. The Labute approximate surface area is 105 Å². The van der Waals surface area contributed by atoms with E-state index in [4.69, 9.17) is 27.9 Å². The first kappa shape index (κ1) is 11.9. The van der Waals surface area contributed by atoms with Crippen LogP contribution in [0, 0.1) is 0 Å². The van der Waals surface area contributed by atoms with E-state index in [1.807, 2.05) is 0 Å². The third-order valence-corrected chi connectivity index (χ3v) is 3.04. The molecule has 0 N–H and O–H groups in total. The Balaban J connectivity index is 2.19. The van der Waals surface area contributed by atoms with Crippen LogP contribution in [0.4, 0.5) is 5.82 Å². The van der Waals surface area contributed by atoms with Crippen molar-refractivity contribution in [3.8, 4) is 0 Å². The number of nitrogens with zero attached hydrogens (tertiary/aromatic N) is 3. The predicted molar refractivity (Wildman–Crippen MR) is 64.3 cm³/mol. The van der Waals surface area contributed by atoms with Crippen molar-refractivity contribution in [2.45, 2.75) is 19.4 Å². The van der Waals surface area contributed by atoms with Gasteiger partial charge in [0.15, 0.2) is 5.82 Å². The minimum Gasteiger partial charge on any atom is -0.375 e. The molecule has 88 valence electrons. The quantitative estimate of drug-likeness (QED) is 0.767. The molecule has 0 radical (unpaired) electrons. The Morgan fingerprint density at radius 1 is 1.56 bits per heavy atom. The van der Waals surface area contributed by atoms with E-state index in [1.165, 1.54) is 6.20 Å². The zero-order valence-electron chi connectivity index (χ0n) is 8.99. The molecule has 1 aromatic heterocycles. The van der Waals surface area contributed by atoms with Gasteiger partial charge in [0.25, 0.3) is 0 Å². The standard InChI is InChI=1S/C10H13Cl2N3O/c1-2-7-6-15(3-4-16-7)9-8(11)5-13-10(12)14-9/h5,7H,2-4,6H2,1H3. The molecule has 0 amide bonds. The molecule has 1 aliphatic heterocycles. The summed E-state index contributed by atoms with van der Waals surface area (Å²) in [4.78, 5) is 10.1. The summed E-state index contributed by atoms with van der Waals surface area (Å²) >= 11 is 11.8. The molecule has 0 aromatic carbocycles. The molecule has 1 fully saturated rings. The highest BCUT2D eigenvalue weighted by atomic mass is 35.5. The molecule has 0 saturated carbocycles. The van der Waals surface area contributed by atoms with Crippen LogP contribution in [0.5, 0.6) is 0 Å². The van der Waals surface area contributed by atoms with Gasteiger partial charge in [-0.2, -0.15) is 4.98 Å². The highest BCUT2D eigenvalue weighted by molar-refractivity contribution is 6.33. The summed E-state index contributed by atoms with van der Waals surface area (Å²) in [6.45, 7) is 4.37. The molecule has 1 aromatic rings. The molecule has 0 spiro atoms. The van der Waals surface area contributed by atoms with Gasteiger partial charge in [0.05, 0.1) is 18.9 Å². The molecule has 4 nitrogen and oxygen atoms in total. The average molecular weight is 262 g/mol. The van der Waals surface area contributed by atoms with Crippen molar-refractivity contribution in [3.63, 3.8) is 0 Å². The van der Waals surface area contributed by atoms with E-state index < -0.39 is 0 Å². The third kappa shape index (κ3) is 2.56. The second kappa shape index (κ2) is 5.17. The SMILES string of the molecule is CCC1CN(c2nc(Cl)ncc2Cl)CCO1. The van der Waals surface area contributed by atoms with Gasteiger partial charge in [0.1, 0.15) is 5.02 Å². The van der Waals surface area contributed by atoms with E-state index >= 15 is 0 Å². The molecule has 1 aliphatic rings. The van der Waals surface area contributed by atoms with Gasteiger partial charge in [-0.15, -0.1) is 0 Å². The van der Waals surface area contributed by atoms with Crippen LogP contribution in [-0.2, 0) is 4.74 Å². The smallest absolute Gasteiger partial charge is 0.224 e. The van der Waals surface area contributed by atoms with Crippen LogP contribution in [0.2, 0.25) is 10.3 Å². The maximum atomic E-state index is 6.05. The van der Waals surface area contributed by atoms with Gasteiger partial charge in [0.2, 0.25) is 5.28 Å². The van der Waals surface area contributed by atoms with Crippen LogP contribution in [0.1, 0.15) is 13.3 Å². The van der Waals surface area contributed by atoms with Crippen molar-refractivity contribution in [1.29, 1.82) is 0 Å². The molecule has 0 aliphatic carbocycles. The van der Waals surface area contributed by atoms with E-state index in [-0.39, 0.29) is 11.4 Å². The summed E-state index contributed by atoms with van der Waals surface area (Å²) in [5.74, 6) is 0.698. The fourth-order valence-electron chi connectivity index (χ4n) is 1.72. The molecule has 1 unspecified atom stereocenters. The lowest BCUT2D eigenvalue weighted by molar-refractivity contribution is 0.0381. The Kier molecular flexibility index (Phi) is 3.84. The minimum atomic E-state index is 0.221. The van der Waals surface area contributed by atoms with Crippen molar-refractivity contribution < 1.29 is 4.74 Å². The lowest BCUT2D eigenvalue weighted by Gasteiger charge is -2.33. The second-order valence-corrected chi connectivity index (χ2v) is 4.40. The van der Waals surface area contributed by atoms with Crippen molar-refractivity contribution in [3.05, 3.63) is 16.5 Å². The van der Waals surface area contributed by atoms with Crippen LogP contribution in [0.15, 0.2) is 6.20 Å². The maximum absolute atomic E-state index is 6.05. The first-order chi connectivity index (χ1) is 7.70. The monoisotopic (exact) mass is 261 g/mol. The Bertz CT molecular complexity index is 375. The van der Waals surface area contributed by atoms with Crippen molar-refractivity contribution >= 4 is 29.0 Å². The van der Waals surface area contributed by atoms with E-state index in [1.54, 1.807) is 0 Å². The summed E-state index contributed by atoms with van der Waals surface area (Å²) in [6, 6.07) is 0. The summed E-state index contributed by atoms with van der Waals surface area (Å²) in [6.07, 6.45) is 2.74. The molecule has 1 saturated heterocycles. The Morgan fingerprint density at radius 2 is 2.38 bits per heavy atom. The molecule has 2 rings (SSSR count). The summed E-state index contributed by atoms with van der Waals surface area (Å²) in [7, 11) is 0. The average Bonchev–Trinajstić information content (AvgIpc) is 2.32. The number of rotatable bonds is 2. The Morgan fingerprint density at radius 3 is 3.12 bits per heavy atom. The first-order valence-electron chi connectivity index (χ1n) is 5.25. The largest absolute Gasteiger partial charge is 0.375 e. The van der Waals surface area contributed by atoms with Gasteiger partial charge in [-0.3, -0.25) is 0 Å². The van der Waals surface area contributed by atoms with Crippen LogP contribution >= 0.6 is 23.2 Å². The second-order valence-electron chi connectivity index (χ2n) is 3.66. The number of morpholine rings is 1. The van der Waals surface area contributed by atoms with Crippen LogP contribution < -0.4 is 4.90 Å². The lowest BCUT2D eigenvalue weighted by atomic mass is 10.2. The molecule has 16 heavy (non-hydrogen) atoms. The topological polar surface area (TPSA) is 38.2 Å². The van der Waals surface area contributed by atoms with Crippen molar-refractivity contribution in [2.24, 2.45) is 0 Å². The first-order valence-corrected chi connectivity index (χ1v) is 6.01. The molecular weight excluding hydrogens is 249 g/mol. The van der Waals surface area contributed by atoms with Gasteiger partial charge in [-0.05, 0) is 18.0 Å². The minimum absolute atomic E-state index is 0.221. The highest BCUT2D eigenvalue weighted by Crippen LogP contribution is 2.25. The fourth-order valence-corrected chi connectivity index (χ4v) is 2.06. The highest BCUT2D eigenvalue weighted by Gasteiger charge is 2.22. The number of halogens is 2. The van der Waals surface area contributed by atoms with E-state index in [2.05, 4.69) is 21.8 Å². The number of hydrogen-bond donors (Lipinski definition) is 0. The van der Waals surface area contributed by atoms with Crippen LogP contribution in [-0.4, -0.2) is 35.8 Å². The van der Waals surface area contributed by atoms with E-state index in [9.17, 15) is 0 Å². The molecule has 1 atom stereocenters. The third-order valence-electron chi connectivity index (χ3n) is 2.59. The van der Waals surface area contributed by atoms with E-state index in [0.29, 0.717) is 17.4 Å².